The van der Waals surface area contributed by atoms with Crippen LogP contribution in [0.2, 0.25) is 0 Å². The number of likely N-dealkylation sites (N-methyl/N-ethyl adjacent to an activating group) is 1. The number of nitrogens with one attached hydrogen (secondary N) is 2. The molecule has 1 amide bonds. The summed E-state index contributed by atoms with van der Waals surface area (Å²) >= 11 is 2.12. The van der Waals surface area contributed by atoms with Crippen LogP contribution in [0.15, 0.2) is 35.7 Å². The number of thioether (sulfide) groups is 1. The van der Waals surface area contributed by atoms with E-state index in [1.807, 2.05) is 4.90 Å². The molecule has 8 nitrogen and oxygen atoms in total. The Hall–Kier alpha value is -1.93. The van der Waals surface area contributed by atoms with Gasteiger partial charge in [-0.15, -0.1) is 11.8 Å². The number of hydrogen-bond acceptors (Lipinski definition) is 8. The lowest BCUT2D eigenvalue weighted by Gasteiger charge is -2.56. The summed E-state index contributed by atoms with van der Waals surface area (Å²) < 4.78 is 6.83. The van der Waals surface area contributed by atoms with E-state index in [4.69, 9.17) is 4.74 Å². The predicted octanol–water partition coefficient (Wildman–Crippen LogP) is 3.47. The number of nitrogens with zero attached hydrogens (tertiary/aromatic N) is 4. The molecule has 9 heteroatoms. The van der Waals surface area contributed by atoms with Gasteiger partial charge in [0, 0.05) is 47.3 Å². The van der Waals surface area contributed by atoms with Crippen LogP contribution in [0.1, 0.15) is 56.1 Å². The molecule has 3 saturated heterocycles. The number of piperazine rings is 1. The number of benzene rings is 1. The number of likely N-dealkylation sites (tertiary alicyclic amines) is 1. The summed E-state index contributed by atoms with van der Waals surface area (Å²) in [6, 6.07) is 9.80. The van der Waals surface area contributed by atoms with Crippen LogP contribution in [0, 0.1) is 24.2 Å². The lowest BCUT2D eigenvalue weighted by atomic mass is 9.72. The van der Waals surface area contributed by atoms with Crippen molar-refractivity contribution in [3.05, 3.63) is 42.0 Å². The molecule has 1 spiro atoms. The lowest BCUT2D eigenvalue weighted by molar-refractivity contribution is -0.135. The summed E-state index contributed by atoms with van der Waals surface area (Å²) in [6.45, 7) is 9.90. The first-order chi connectivity index (χ1) is 19.9. The van der Waals surface area contributed by atoms with Crippen molar-refractivity contribution >= 4 is 17.7 Å². The van der Waals surface area contributed by atoms with Crippen LogP contribution < -0.4 is 10.6 Å². The first-order valence-electron chi connectivity index (χ1n) is 15.6. The van der Waals surface area contributed by atoms with Crippen LogP contribution in [0.25, 0.3) is 0 Å². The van der Waals surface area contributed by atoms with Crippen molar-refractivity contribution < 1.29 is 9.53 Å². The van der Waals surface area contributed by atoms with E-state index in [-0.39, 0.29) is 29.2 Å². The number of amides is 1. The van der Waals surface area contributed by atoms with Gasteiger partial charge in [0.1, 0.15) is 0 Å². The van der Waals surface area contributed by atoms with E-state index in [1.54, 1.807) is 5.56 Å². The Morgan fingerprint density at radius 1 is 1.24 bits per heavy atom. The number of hydrogen-bond donors (Lipinski definition) is 2. The zero-order chi connectivity index (χ0) is 28.6. The van der Waals surface area contributed by atoms with Crippen LogP contribution >= 0.6 is 11.8 Å². The first-order valence-corrected chi connectivity index (χ1v) is 16.4. The zero-order valence-corrected chi connectivity index (χ0v) is 25.5. The molecule has 4 fully saturated rings. The second-order valence-electron chi connectivity index (χ2n) is 12.9. The molecule has 2 N–H and O–H groups in total. The van der Waals surface area contributed by atoms with E-state index in [2.05, 4.69) is 77.0 Å². The Morgan fingerprint density at radius 3 is 2.90 bits per heavy atom. The van der Waals surface area contributed by atoms with Crippen molar-refractivity contribution in [3.8, 4) is 6.07 Å². The second kappa shape index (κ2) is 12.4. The van der Waals surface area contributed by atoms with Crippen molar-refractivity contribution in [2.75, 3.05) is 39.8 Å². The number of carbonyl (C=O) groups is 1. The molecule has 0 radical (unpaired) electrons. The van der Waals surface area contributed by atoms with Crippen LogP contribution in [0.4, 0.5) is 0 Å². The van der Waals surface area contributed by atoms with Crippen LogP contribution in [-0.2, 0) is 16.0 Å². The van der Waals surface area contributed by atoms with E-state index in [1.165, 1.54) is 42.2 Å². The Balaban J connectivity index is 1.21. The molecule has 5 aliphatic rings. The van der Waals surface area contributed by atoms with Crippen molar-refractivity contribution in [1.29, 1.82) is 5.26 Å². The third-order valence-electron chi connectivity index (χ3n) is 10.5. The highest BCUT2D eigenvalue weighted by atomic mass is 32.2. The van der Waals surface area contributed by atoms with E-state index in [0.717, 1.165) is 39.0 Å². The van der Waals surface area contributed by atoms with Gasteiger partial charge in [0.2, 0.25) is 5.91 Å². The van der Waals surface area contributed by atoms with Gasteiger partial charge in [-0.3, -0.25) is 20.3 Å². The average molecular weight is 579 g/mol. The van der Waals surface area contributed by atoms with Gasteiger partial charge in [-0.2, -0.15) is 5.26 Å². The molecule has 4 heterocycles. The Labute approximate surface area is 249 Å². The quantitative estimate of drug-likeness (QED) is 0.497. The molecule has 0 aromatic heterocycles. The molecule has 222 valence electrons. The fraction of sp³-hybridized carbons (Fsp3) is 0.688. The zero-order valence-electron chi connectivity index (χ0n) is 24.7. The Morgan fingerprint density at radius 2 is 2.12 bits per heavy atom. The molecule has 1 aromatic rings. The standard InChI is InChI=1S/C32H46N6O2S/c1-4-29(39)38-18-17-37(20-23(38)12-15-33)30-26-11-14-32(13-10-25-22(2)7-5-9-28(25)41-32)19-27(26)34-31(35-30)40-21-24-8-6-16-36(24)3/h4-5,7,9,23-24,26-27,30-31,34-35H,1,6,8,10-14,16-21H2,2-3H3/t23?,24?,26?,27?,30?,31?,32-/m0/s1. The monoisotopic (exact) mass is 578 g/mol. The molecular weight excluding hydrogens is 532 g/mol. The number of ether oxygens (including phenoxy) is 1. The summed E-state index contributed by atoms with van der Waals surface area (Å²) in [4.78, 5) is 20.8. The summed E-state index contributed by atoms with van der Waals surface area (Å²) in [7, 11) is 2.20. The van der Waals surface area contributed by atoms with Gasteiger partial charge in [0.15, 0.2) is 6.35 Å². The highest BCUT2D eigenvalue weighted by molar-refractivity contribution is 8.00. The van der Waals surface area contributed by atoms with E-state index in [9.17, 15) is 10.1 Å². The third-order valence-corrected chi connectivity index (χ3v) is 12.1. The molecule has 6 unspecified atom stereocenters. The molecule has 1 aliphatic carbocycles. The van der Waals surface area contributed by atoms with Gasteiger partial charge in [-0.05, 0) is 88.7 Å². The van der Waals surface area contributed by atoms with Gasteiger partial charge >= 0.3 is 0 Å². The van der Waals surface area contributed by atoms with E-state index >= 15 is 0 Å². The highest BCUT2D eigenvalue weighted by Gasteiger charge is 2.50. The summed E-state index contributed by atoms with van der Waals surface area (Å²) in [5.74, 6) is 0.367. The molecule has 1 aromatic carbocycles. The number of rotatable bonds is 6. The number of fused-ring (bicyclic) bond motifs is 2. The fourth-order valence-corrected chi connectivity index (χ4v) is 9.79. The van der Waals surface area contributed by atoms with Crippen molar-refractivity contribution in [2.24, 2.45) is 5.92 Å². The summed E-state index contributed by atoms with van der Waals surface area (Å²) in [6.07, 6.45) is 9.95. The molecule has 7 atom stereocenters. The maximum atomic E-state index is 12.6. The third kappa shape index (κ3) is 5.97. The SMILES string of the molecule is C=CC(=O)N1CCN(C2NC(OCC3CCCN3C)NC3C[C@]4(CCc5c(C)cccc5S4)CCC32)CC1CC#N. The van der Waals surface area contributed by atoms with Crippen LogP contribution in [-0.4, -0.2) is 95.8 Å². The molecule has 41 heavy (non-hydrogen) atoms. The average Bonchev–Trinajstić information content (AvgIpc) is 3.39. The van der Waals surface area contributed by atoms with Crippen LogP contribution in [0.5, 0.6) is 0 Å². The van der Waals surface area contributed by atoms with Gasteiger partial charge < -0.3 is 14.5 Å². The predicted molar refractivity (Wildman–Crippen MR) is 162 cm³/mol. The number of carbonyl (C=O) groups excluding carboxylic acids is 1. The Bertz CT molecular complexity index is 1170. The molecule has 6 rings (SSSR count). The lowest BCUT2D eigenvalue weighted by Crippen LogP contribution is -2.72. The van der Waals surface area contributed by atoms with Gasteiger partial charge in [-0.25, -0.2) is 0 Å². The van der Waals surface area contributed by atoms with Crippen LogP contribution in [0.3, 0.4) is 0 Å². The summed E-state index contributed by atoms with van der Waals surface area (Å²) in [5.41, 5.74) is 2.96. The molecular formula is C32H46N6O2S. The number of nitriles is 1. The minimum absolute atomic E-state index is 0.0765. The summed E-state index contributed by atoms with van der Waals surface area (Å²) in [5, 5.41) is 17.3. The van der Waals surface area contributed by atoms with E-state index < -0.39 is 0 Å². The smallest absolute Gasteiger partial charge is 0.246 e. The minimum Gasteiger partial charge on any atom is -0.348 e. The maximum absolute atomic E-state index is 12.6. The fourth-order valence-electron chi connectivity index (χ4n) is 8.10. The number of aryl methyl sites for hydroxylation is 1. The van der Waals surface area contributed by atoms with Crippen molar-refractivity contribution in [3.63, 3.8) is 0 Å². The normalized spacial score (nSPS) is 36.0. The second-order valence-corrected chi connectivity index (χ2v) is 14.4. The van der Waals surface area contributed by atoms with Crippen molar-refractivity contribution in [1.82, 2.24) is 25.3 Å². The minimum atomic E-state index is -0.212. The van der Waals surface area contributed by atoms with Gasteiger partial charge in [0.25, 0.3) is 0 Å². The van der Waals surface area contributed by atoms with E-state index in [0.29, 0.717) is 37.5 Å². The highest BCUT2D eigenvalue weighted by Crippen LogP contribution is 2.53. The largest absolute Gasteiger partial charge is 0.348 e. The van der Waals surface area contributed by atoms with Gasteiger partial charge in [0.05, 0.1) is 31.3 Å². The maximum Gasteiger partial charge on any atom is 0.246 e. The van der Waals surface area contributed by atoms with Crippen molar-refractivity contribution in [2.45, 2.75) is 98.6 Å². The Kier molecular flexibility index (Phi) is 8.79. The molecule has 0 bridgehead atoms. The molecule has 1 saturated carbocycles. The molecule has 4 aliphatic heterocycles. The topological polar surface area (TPSA) is 83.9 Å². The van der Waals surface area contributed by atoms with Gasteiger partial charge in [-0.1, -0.05) is 18.7 Å². The first kappa shape index (κ1) is 29.2.